The van der Waals surface area contributed by atoms with Crippen molar-refractivity contribution in [3.05, 3.63) is 69.0 Å². The first-order chi connectivity index (χ1) is 12.6. The zero-order valence-corrected chi connectivity index (χ0v) is 14.2. The summed E-state index contributed by atoms with van der Waals surface area (Å²) in [5.74, 6) is -0.320. The van der Waals surface area contributed by atoms with Crippen LogP contribution in [0.4, 0.5) is 0 Å². The standard InChI is InChI=1S/C18H21N3O5/c22-16-6-8-21(18(24)20-16)10-17(23)19-14-7-9-25-12-15(14)26-11-13-4-2-1-3-5-13/h1-6,8,14-15H,7,9-12H2,(H,19,23)(H,20,22,24)/t14-,15-/m1/s1. The Labute approximate surface area is 149 Å². The van der Waals surface area contributed by atoms with Crippen molar-refractivity contribution in [3.8, 4) is 0 Å². The van der Waals surface area contributed by atoms with Crippen LogP contribution >= 0.6 is 0 Å². The molecule has 0 unspecified atom stereocenters. The molecule has 3 rings (SSSR count). The Kier molecular flexibility index (Phi) is 5.98. The monoisotopic (exact) mass is 359 g/mol. The van der Waals surface area contributed by atoms with Gasteiger partial charge >= 0.3 is 5.69 Å². The number of aromatic amines is 1. The third-order valence-corrected chi connectivity index (χ3v) is 4.17. The Bertz CT molecular complexity index is 846. The highest BCUT2D eigenvalue weighted by Crippen LogP contribution is 2.14. The van der Waals surface area contributed by atoms with Gasteiger partial charge in [-0.05, 0) is 12.0 Å². The number of rotatable bonds is 6. The maximum Gasteiger partial charge on any atom is 0.328 e. The molecule has 2 heterocycles. The van der Waals surface area contributed by atoms with Crippen molar-refractivity contribution < 1.29 is 14.3 Å². The van der Waals surface area contributed by atoms with Crippen LogP contribution in [0.1, 0.15) is 12.0 Å². The van der Waals surface area contributed by atoms with Crippen LogP contribution in [0.5, 0.6) is 0 Å². The molecule has 1 amide bonds. The van der Waals surface area contributed by atoms with Crippen LogP contribution in [0.25, 0.3) is 0 Å². The second-order valence-electron chi connectivity index (χ2n) is 6.11. The number of nitrogens with one attached hydrogen (secondary N) is 2. The summed E-state index contributed by atoms with van der Waals surface area (Å²) in [6, 6.07) is 10.8. The van der Waals surface area contributed by atoms with Crippen LogP contribution in [-0.4, -0.2) is 40.8 Å². The number of hydrogen-bond acceptors (Lipinski definition) is 5. The van der Waals surface area contributed by atoms with E-state index in [1.807, 2.05) is 30.3 Å². The molecule has 1 fully saturated rings. The molecule has 0 radical (unpaired) electrons. The minimum atomic E-state index is -0.614. The van der Waals surface area contributed by atoms with E-state index >= 15 is 0 Å². The Hall–Kier alpha value is -2.71. The van der Waals surface area contributed by atoms with Crippen LogP contribution in [0, 0.1) is 0 Å². The van der Waals surface area contributed by atoms with Gasteiger partial charge in [-0.1, -0.05) is 30.3 Å². The molecule has 0 spiro atoms. The second-order valence-corrected chi connectivity index (χ2v) is 6.11. The second kappa shape index (κ2) is 8.59. The molecule has 1 aliphatic heterocycles. The fourth-order valence-electron chi connectivity index (χ4n) is 2.79. The van der Waals surface area contributed by atoms with Gasteiger partial charge in [0.15, 0.2) is 0 Å². The lowest BCUT2D eigenvalue weighted by atomic mass is 10.1. The fourth-order valence-corrected chi connectivity index (χ4v) is 2.79. The lowest BCUT2D eigenvalue weighted by Gasteiger charge is -2.32. The smallest absolute Gasteiger partial charge is 0.328 e. The molecule has 8 nitrogen and oxygen atoms in total. The first-order valence-electron chi connectivity index (χ1n) is 8.44. The van der Waals surface area contributed by atoms with E-state index in [2.05, 4.69) is 10.3 Å². The highest BCUT2D eigenvalue weighted by Gasteiger charge is 2.28. The van der Waals surface area contributed by atoms with Gasteiger partial charge in [0.2, 0.25) is 5.91 Å². The van der Waals surface area contributed by atoms with E-state index in [0.717, 1.165) is 10.1 Å². The number of ether oxygens (including phenoxy) is 2. The van der Waals surface area contributed by atoms with Crippen LogP contribution in [0.15, 0.2) is 52.2 Å². The van der Waals surface area contributed by atoms with E-state index < -0.39 is 11.2 Å². The number of H-pyrrole nitrogens is 1. The van der Waals surface area contributed by atoms with Crippen molar-refractivity contribution in [2.75, 3.05) is 13.2 Å². The minimum absolute atomic E-state index is 0.168. The molecule has 2 N–H and O–H groups in total. The number of nitrogens with zero attached hydrogens (tertiary/aromatic N) is 1. The topological polar surface area (TPSA) is 102 Å². The Morgan fingerprint density at radius 3 is 2.85 bits per heavy atom. The number of carbonyl (C=O) groups excluding carboxylic acids is 1. The highest BCUT2D eigenvalue weighted by molar-refractivity contribution is 5.76. The molecular weight excluding hydrogens is 338 g/mol. The third kappa shape index (κ3) is 4.90. The van der Waals surface area contributed by atoms with Crippen molar-refractivity contribution in [2.45, 2.75) is 31.7 Å². The quantitative estimate of drug-likeness (QED) is 0.757. The minimum Gasteiger partial charge on any atom is -0.379 e. The zero-order valence-electron chi connectivity index (χ0n) is 14.2. The molecule has 8 heteroatoms. The maximum atomic E-state index is 12.3. The van der Waals surface area contributed by atoms with E-state index in [-0.39, 0.29) is 24.6 Å². The molecule has 1 aromatic heterocycles. The van der Waals surface area contributed by atoms with Crippen LogP contribution in [0.3, 0.4) is 0 Å². The van der Waals surface area contributed by atoms with Gasteiger partial charge in [0, 0.05) is 18.9 Å². The van der Waals surface area contributed by atoms with Crippen molar-refractivity contribution in [3.63, 3.8) is 0 Å². The fraction of sp³-hybridized carbons (Fsp3) is 0.389. The summed E-state index contributed by atoms with van der Waals surface area (Å²) in [5.41, 5.74) is -0.0649. The molecule has 0 bridgehead atoms. The molecule has 2 aromatic rings. The summed E-state index contributed by atoms with van der Waals surface area (Å²) in [7, 11) is 0. The third-order valence-electron chi connectivity index (χ3n) is 4.17. The zero-order chi connectivity index (χ0) is 18.4. The average molecular weight is 359 g/mol. The van der Waals surface area contributed by atoms with Gasteiger partial charge in [-0.25, -0.2) is 4.79 Å². The van der Waals surface area contributed by atoms with Crippen LogP contribution < -0.4 is 16.6 Å². The summed E-state index contributed by atoms with van der Waals surface area (Å²) in [6.07, 6.45) is 1.67. The molecule has 1 aromatic carbocycles. The largest absolute Gasteiger partial charge is 0.379 e. The predicted molar refractivity (Wildman–Crippen MR) is 93.7 cm³/mol. The lowest BCUT2D eigenvalue weighted by molar-refractivity contribution is -0.127. The molecular formula is C18H21N3O5. The Morgan fingerprint density at radius 2 is 2.08 bits per heavy atom. The van der Waals surface area contributed by atoms with Gasteiger partial charge < -0.3 is 14.8 Å². The molecule has 26 heavy (non-hydrogen) atoms. The van der Waals surface area contributed by atoms with Gasteiger partial charge in [0.25, 0.3) is 5.56 Å². The van der Waals surface area contributed by atoms with E-state index in [4.69, 9.17) is 9.47 Å². The summed E-state index contributed by atoms with van der Waals surface area (Å²) in [4.78, 5) is 37.2. The lowest BCUT2D eigenvalue weighted by Crippen LogP contribution is -2.51. The number of carbonyl (C=O) groups is 1. The SMILES string of the molecule is O=C(Cn1ccc(=O)[nH]c1=O)N[C@@H]1CCOC[C@H]1OCc1ccccc1. The number of amides is 1. The summed E-state index contributed by atoms with van der Waals surface area (Å²) < 4.78 is 12.5. The van der Waals surface area contributed by atoms with Gasteiger partial charge in [0.1, 0.15) is 12.6 Å². The Morgan fingerprint density at radius 1 is 1.27 bits per heavy atom. The predicted octanol–water partition coefficient (Wildman–Crippen LogP) is 0.0271. The maximum absolute atomic E-state index is 12.3. The summed E-state index contributed by atoms with van der Waals surface area (Å²) >= 11 is 0. The molecule has 0 aliphatic carbocycles. The van der Waals surface area contributed by atoms with Gasteiger partial charge in [0.05, 0.1) is 19.3 Å². The van der Waals surface area contributed by atoms with Crippen molar-refractivity contribution in [1.82, 2.24) is 14.9 Å². The van der Waals surface area contributed by atoms with Crippen molar-refractivity contribution in [2.24, 2.45) is 0 Å². The number of benzene rings is 1. The highest BCUT2D eigenvalue weighted by atomic mass is 16.5. The summed E-state index contributed by atoms with van der Waals surface area (Å²) in [5, 5.41) is 2.90. The van der Waals surface area contributed by atoms with E-state index in [0.29, 0.717) is 26.2 Å². The van der Waals surface area contributed by atoms with Crippen molar-refractivity contribution >= 4 is 5.91 Å². The van der Waals surface area contributed by atoms with Gasteiger partial charge in [-0.2, -0.15) is 0 Å². The molecule has 138 valence electrons. The average Bonchev–Trinajstić information content (AvgIpc) is 2.64. The van der Waals surface area contributed by atoms with Gasteiger partial charge in [-0.3, -0.25) is 19.1 Å². The molecule has 1 saturated heterocycles. The first-order valence-corrected chi connectivity index (χ1v) is 8.44. The number of hydrogen-bond donors (Lipinski definition) is 2. The molecule has 0 saturated carbocycles. The number of aromatic nitrogens is 2. The normalized spacial score (nSPS) is 19.8. The van der Waals surface area contributed by atoms with E-state index in [1.54, 1.807) is 0 Å². The van der Waals surface area contributed by atoms with Crippen molar-refractivity contribution in [1.29, 1.82) is 0 Å². The summed E-state index contributed by atoms with van der Waals surface area (Å²) in [6.45, 7) is 1.20. The van der Waals surface area contributed by atoms with E-state index in [1.165, 1.54) is 12.3 Å². The first kappa shape index (κ1) is 18.1. The van der Waals surface area contributed by atoms with E-state index in [9.17, 15) is 14.4 Å². The Balaban J connectivity index is 1.57. The van der Waals surface area contributed by atoms with Crippen LogP contribution in [0.2, 0.25) is 0 Å². The molecule has 1 aliphatic rings. The van der Waals surface area contributed by atoms with Gasteiger partial charge in [-0.15, -0.1) is 0 Å². The molecule has 2 atom stereocenters. The van der Waals surface area contributed by atoms with Crippen LogP contribution in [-0.2, 0) is 27.4 Å².